The standard InChI is InChI=1S/C20H28O5/c1-6-10(2)18(22)25-17-8-15(21)12(4)14-7-13-11(3)19(23)24-16(13)9-20(14,17)5/h10,13-17,21H,3-4,6-9H2,1-2,5H3/t10?,13?,14?,15?,16?,17-,20+/m0/s1. The van der Waals surface area contributed by atoms with Crippen LogP contribution in [-0.4, -0.2) is 35.4 Å². The first-order chi connectivity index (χ1) is 11.7. The molecule has 1 N–H and O–H groups in total. The van der Waals surface area contributed by atoms with Crippen LogP contribution in [0.2, 0.25) is 0 Å². The van der Waals surface area contributed by atoms with Gasteiger partial charge in [-0.15, -0.1) is 0 Å². The number of aliphatic hydroxyl groups is 1. The Hall–Kier alpha value is -1.62. The molecular formula is C20H28O5. The molecule has 5 heteroatoms. The SMILES string of the molecule is C=C1C(=O)OC2C[C@]3(C)C(CC12)C(=C)C(O)C[C@@H]3OC(=O)C(C)CC. The Morgan fingerprint density at radius 2 is 2.12 bits per heavy atom. The number of ether oxygens (including phenoxy) is 2. The number of rotatable bonds is 3. The van der Waals surface area contributed by atoms with E-state index in [1.165, 1.54) is 0 Å². The lowest BCUT2D eigenvalue weighted by molar-refractivity contribution is -0.178. The Labute approximate surface area is 149 Å². The third kappa shape index (κ3) is 2.82. The fourth-order valence-electron chi connectivity index (χ4n) is 4.64. The van der Waals surface area contributed by atoms with E-state index < -0.39 is 17.6 Å². The molecule has 7 atom stereocenters. The minimum absolute atomic E-state index is 0.0292. The molecule has 5 nitrogen and oxygen atoms in total. The van der Waals surface area contributed by atoms with Gasteiger partial charge in [-0.2, -0.15) is 0 Å². The van der Waals surface area contributed by atoms with Gasteiger partial charge in [-0.1, -0.05) is 33.9 Å². The van der Waals surface area contributed by atoms with Crippen molar-refractivity contribution in [1.82, 2.24) is 0 Å². The average Bonchev–Trinajstić information content (AvgIpc) is 2.84. The predicted molar refractivity (Wildman–Crippen MR) is 92.4 cm³/mol. The number of esters is 2. The first kappa shape index (κ1) is 18.2. The van der Waals surface area contributed by atoms with Crippen LogP contribution in [0.25, 0.3) is 0 Å². The van der Waals surface area contributed by atoms with Crippen LogP contribution in [0.4, 0.5) is 0 Å². The van der Waals surface area contributed by atoms with E-state index in [2.05, 4.69) is 20.1 Å². The minimum atomic E-state index is -0.698. The van der Waals surface area contributed by atoms with Gasteiger partial charge < -0.3 is 14.6 Å². The summed E-state index contributed by atoms with van der Waals surface area (Å²) in [5.41, 5.74) is 0.878. The summed E-state index contributed by atoms with van der Waals surface area (Å²) in [5.74, 6) is -0.819. The average molecular weight is 348 g/mol. The molecular weight excluding hydrogens is 320 g/mol. The molecule has 0 aromatic heterocycles. The molecule has 0 bridgehead atoms. The van der Waals surface area contributed by atoms with Crippen LogP contribution in [0.5, 0.6) is 0 Å². The number of carbonyl (C=O) groups is 2. The minimum Gasteiger partial charge on any atom is -0.461 e. The van der Waals surface area contributed by atoms with Gasteiger partial charge >= 0.3 is 11.9 Å². The molecule has 0 aromatic carbocycles. The molecule has 1 heterocycles. The van der Waals surface area contributed by atoms with Gasteiger partial charge in [-0.25, -0.2) is 4.79 Å². The van der Waals surface area contributed by atoms with Gasteiger partial charge in [0.1, 0.15) is 12.2 Å². The number of fused-ring (bicyclic) bond motifs is 2. The summed E-state index contributed by atoms with van der Waals surface area (Å²) in [6.45, 7) is 13.8. The molecule has 3 rings (SSSR count). The molecule has 3 aliphatic rings. The maximum atomic E-state index is 12.4. The Balaban J connectivity index is 1.89. The molecule has 5 unspecified atom stereocenters. The normalized spacial score (nSPS) is 41.6. The molecule has 1 saturated heterocycles. The summed E-state index contributed by atoms with van der Waals surface area (Å²) in [6.07, 6.45) is 0.970. The summed E-state index contributed by atoms with van der Waals surface area (Å²) in [7, 11) is 0. The van der Waals surface area contributed by atoms with Gasteiger partial charge in [0.05, 0.1) is 12.0 Å². The second-order valence-corrected chi connectivity index (χ2v) is 8.13. The molecule has 138 valence electrons. The molecule has 2 aliphatic carbocycles. The van der Waals surface area contributed by atoms with Crippen LogP contribution in [0, 0.1) is 23.2 Å². The smallest absolute Gasteiger partial charge is 0.334 e. The summed E-state index contributed by atoms with van der Waals surface area (Å²) in [4.78, 5) is 24.3. The molecule has 2 saturated carbocycles. The van der Waals surface area contributed by atoms with Crippen LogP contribution in [0.15, 0.2) is 24.3 Å². The number of hydrogen-bond acceptors (Lipinski definition) is 5. The van der Waals surface area contributed by atoms with Crippen molar-refractivity contribution in [2.45, 2.75) is 64.8 Å². The van der Waals surface area contributed by atoms with E-state index in [4.69, 9.17) is 9.47 Å². The fraction of sp³-hybridized carbons (Fsp3) is 0.700. The third-order valence-corrected chi connectivity index (χ3v) is 6.67. The first-order valence-electron chi connectivity index (χ1n) is 9.16. The molecule has 3 fully saturated rings. The highest BCUT2D eigenvalue weighted by Gasteiger charge is 2.58. The highest BCUT2D eigenvalue weighted by molar-refractivity contribution is 5.90. The summed E-state index contributed by atoms with van der Waals surface area (Å²) >= 11 is 0. The predicted octanol–water partition coefficient (Wildman–Crippen LogP) is 2.78. The van der Waals surface area contributed by atoms with Gasteiger partial charge in [0.15, 0.2) is 0 Å². The van der Waals surface area contributed by atoms with Gasteiger partial charge in [0, 0.05) is 23.3 Å². The van der Waals surface area contributed by atoms with E-state index in [9.17, 15) is 14.7 Å². The van der Waals surface area contributed by atoms with Crippen LogP contribution in [0.1, 0.15) is 46.5 Å². The van der Waals surface area contributed by atoms with Crippen molar-refractivity contribution in [2.24, 2.45) is 23.2 Å². The Morgan fingerprint density at radius 1 is 1.44 bits per heavy atom. The molecule has 1 aliphatic heterocycles. The Kier molecular flexibility index (Phi) is 4.56. The van der Waals surface area contributed by atoms with Gasteiger partial charge in [0.2, 0.25) is 0 Å². The highest BCUT2D eigenvalue weighted by Crippen LogP contribution is 2.57. The van der Waals surface area contributed by atoms with E-state index >= 15 is 0 Å². The molecule has 0 spiro atoms. The van der Waals surface area contributed by atoms with Crippen molar-refractivity contribution in [3.8, 4) is 0 Å². The quantitative estimate of drug-likeness (QED) is 0.482. The van der Waals surface area contributed by atoms with E-state index in [0.717, 1.165) is 5.57 Å². The van der Waals surface area contributed by atoms with Crippen LogP contribution in [-0.2, 0) is 19.1 Å². The van der Waals surface area contributed by atoms with Crippen LogP contribution >= 0.6 is 0 Å². The van der Waals surface area contributed by atoms with E-state index in [1.807, 2.05) is 13.8 Å². The van der Waals surface area contributed by atoms with E-state index in [0.29, 0.717) is 31.3 Å². The van der Waals surface area contributed by atoms with E-state index in [-0.39, 0.29) is 35.8 Å². The second kappa shape index (κ2) is 6.27. The van der Waals surface area contributed by atoms with Gasteiger partial charge in [-0.05, 0) is 30.8 Å². The van der Waals surface area contributed by atoms with Crippen LogP contribution in [0.3, 0.4) is 0 Å². The lowest BCUT2D eigenvalue weighted by Gasteiger charge is -2.54. The zero-order valence-corrected chi connectivity index (χ0v) is 15.3. The van der Waals surface area contributed by atoms with Crippen molar-refractivity contribution in [3.63, 3.8) is 0 Å². The largest absolute Gasteiger partial charge is 0.461 e. The molecule has 25 heavy (non-hydrogen) atoms. The lowest BCUT2D eigenvalue weighted by atomic mass is 9.54. The molecule has 0 radical (unpaired) electrons. The van der Waals surface area contributed by atoms with Crippen LogP contribution < -0.4 is 0 Å². The van der Waals surface area contributed by atoms with Crippen molar-refractivity contribution in [3.05, 3.63) is 24.3 Å². The number of carbonyl (C=O) groups excluding carboxylic acids is 2. The Morgan fingerprint density at radius 3 is 2.76 bits per heavy atom. The van der Waals surface area contributed by atoms with E-state index in [1.54, 1.807) is 0 Å². The summed E-state index contributed by atoms with van der Waals surface area (Å²) in [6, 6.07) is 0. The Bertz CT molecular complexity index is 624. The number of aliphatic hydroxyl groups excluding tert-OH is 1. The van der Waals surface area contributed by atoms with Gasteiger partial charge in [-0.3, -0.25) is 4.79 Å². The van der Waals surface area contributed by atoms with Crippen molar-refractivity contribution < 1.29 is 24.2 Å². The maximum Gasteiger partial charge on any atom is 0.334 e. The van der Waals surface area contributed by atoms with Crippen molar-refractivity contribution >= 4 is 11.9 Å². The monoisotopic (exact) mass is 348 g/mol. The maximum absolute atomic E-state index is 12.4. The molecule has 0 aromatic rings. The van der Waals surface area contributed by atoms with Crippen molar-refractivity contribution in [2.75, 3.05) is 0 Å². The fourth-order valence-corrected chi connectivity index (χ4v) is 4.64. The summed E-state index contributed by atoms with van der Waals surface area (Å²) in [5, 5.41) is 10.5. The van der Waals surface area contributed by atoms with Crippen molar-refractivity contribution in [1.29, 1.82) is 0 Å². The topological polar surface area (TPSA) is 72.8 Å². The zero-order valence-electron chi connectivity index (χ0n) is 15.3. The summed E-state index contributed by atoms with van der Waals surface area (Å²) < 4.78 is 11.3. The first-order valence-corrected chi connectivity index (χ1v) is 9.16. The lowest BCUT2D eigenvalue weighted by Crippen LogP contribution is -2.55. The second-order valence-electron chi connectivity index (χ2n) is 8.13. The number of hydrogen-bond donors (Lipinski definition) is 1. The zero-order chi connectivity index (χ0) is 18.5. The molecule has 0 amide bonds. The van der Waals surface area contributed by atoms with Gasteiger partial charge in [0.25, 0.3) is 0 Å². The highest BCUT2D eigenvalue weighted by atomic mass is 16.6. The third-order valence-electron chi connectivity index (χ3n) is 6.67.